The van der Waals surface area contributed by atoms with Crippen LogP contribution in [0.3, 0.4) is 0 Å². The van der Waals surface area contributed by atoms with Crippen LogP contribution in [-0.4, -0.2) is 22.4 Å². The van der Waals surface area contributed by atoms with Crippen molar-refractivity contribution in [1.29, 1.82) is 0 Å². The monoisotopic (exact) mass is 328 g/mol. The molecule has 1 aliphatic carbocycles. The summed E-state index contributed by atoms with van der Waals surface area (Å²) in [5.41, 5.74) is 3.35. The first kappa shape index (κ1) is 16.4. The molecular weight excluding hydrogens is 304 g/mol. The van der Waals surface area contributed by atoms with Gasteiger partial charge in [0.2, 0.25) is 0 Å². The molecule has 0 spiro atoms. The highest BCUT2D eigenvalue weighted by atomic mass is 16.5. The van der Waals surface area contributed by atoms with Crippen LogP contribution < -0.4 is 15.4 Å². The lowest BCUT2D eigenvalue weighted by molar-refractivity contribution is 0.234. The maximum Gasteiger partial charge on any atom is 0.315 e. The first-order chi connectivity index (χ1) is 11.6. The number of fused-ring (bicyclic) bond motifs is 1. The van der Waals surface area contributed by atoms with Crippen LogP contribution in [0.4, 0.5) is 4.79 Å². The van der Waals surface area contributed by atoms with Crippen molar-refractivity contribution in [3.63, 3.8) is 0 Å². The number of rotatable bonds is 5. The van der Waals surface area contributed by atoms with Gasteiger partial charge in [0.05, 0.1) is 24.9 Å². The number of nitrogens with zero attached hydrogens (tertiary/aromatic N) is 2. The number of ether oxygens (including phenoxy) is 1. The lowest BCUT2D eigenvalue weighted by Crippen LogP contribution is -2.38. The van der Waals surface area contributed by atoms with Gasteiger partial charge in [-0.3, -0.25) is 4.68 Å². The van der Waals surface area contributed by atoms with Crippen molar-refractivity contribution in [2.75, 3.05) is 6.61 Å². The molecule has 3 rings (SSSR count). The highest BCUT2D eigenvalue weighted by molar-refractivity contribution is 5.75. The van der Waals surface area contributed by atoms with E-state index >= 15 is 0 Å². The average Bonchev–Trinajstić information content (AvgIpc) is 3.15. The van der Waals surface area contributed by atoms with Crippen molar-refractivity contribution < 1.29 is 9.53 Å². The molecule has 128 valence electrons. The van der Waals surface area contributed by atoms with Crippen LogP contribution in [0.25, 0.3) is 0 Å². The lowest BCUT2D eigenvalue weighted by Gasteiger charge is -2.18. The molecule has 0 aliphatic heterocycles. The first-order valence-electron chi connectivity index (χ1n) is 8.38. The molecule has 1 aliphatic rings. The number of benzene rings is 1. The molecule has 0 saturated heterocycles. The summed E-state index contributed by atoms with van der Waals surface area (Å²) in [7, 11) is 1.86. The van der Waals surface area contributed by atoms with E-state index in [1.807, 2.05) is 39.2 Å². The molecule has 1 aromatic heterocycles. The summed E-state index contributed by atoms with van der Waals surface area (Å²) in [4.78, 5) is 12.3. The van der Waals surface area contributed by atoms with Gasteiger partial charge in [0.15, 0.2) is 0 Å². The second-order valence-electron chi connectivity index (χ2n) is 6.14. The summed E-state index contributed by atoms with van der Waals surface area (Å²) in [6, 6.07) is 5.83. The Balaban J connectivity index is 1.64. The molecule has 0 bridgehead atoms. The maximum absolute atomic E-state index is 12.3. The van der Waals surface area contributed by atoms with E-state index in [4.69, 9.17) is 4.74 Å². The van der Waals surface area contributed by atoms with E-state index in [9.17, 15) is 4.79 Å². The van der Waals surface area contributed by atoms with Gasteiger partial charge in [0.25, 0.3) is 0 Å². The van der Waals surface area contributed by atoms with Crippen molar-refractivity contribution in [3.05, 3.63) is 47.3 Å². The van der Waals surface area contributed by atoms with Gasteiger partial charge < -0.3 is 15.4 Å². The standard InChI is InChI=1S/C18H24N4O2/c1-4-24-17-7-5-6-14-15(17)8-9-16(14)21-18(23)20-12(2)13-10-19-22(3)11-13/h5-7,10-12,16H,4,8-9H2,1-3H3,(H2,20,21,23)/t12-,16-/m0/s1. The summed E-state index contributed by atoms with van der Waals surface area (Å²) in [5, 5.41) is 10.2. The van der Waals surface area contributed by atoms with E-state index in [-0.39, 0.29) is 18.1 Å². The number of nitrogens with one attached hydrogen (secondary N) is 2. The first-order valence-corrected chi connectivity index (χ1v) is 8.38. The third kappa shape index (κ3) is 3.37. The minimum absolute atomic E-state index is 0.0292. The Bertz CT molecular complexity index is 726. The molecule has 2 atom stereocenters. The fraction of sp³-hybridized carbons (Fsp3) is 0.444. The molecule has 1 heterocycles. The van der Waals surface area contributed by atoms with Crippen molar-refractivity contribution in [3.8, 4) is 5.75 Å². The number of hydrogen-bond acceptors (Lipinski definition) is 3. The van der Waals surface area contributed by atoms with Crippen LogP contribution in [0.5, 0.6) is 5.75 Å². The third-order valence-electron chi connectivity index (χ3n) is 4.41. The number of aryl methyl sites for hydroxylation is 1. The predicted octanol–water partition coefficient (Wildman–Crippen LogP) is 2.87. The Morgan fingerprint density at radius 2 is 2.33 bits per heavy atom. The second kappa shape index (κ2) is 6.95. The number of carbonyl (C=O) groups excluding carboxylic acids is 1. The number of carbonyl (C=O) groups is 1. The zero-order valence-electron chi connectivity index (χ0n) is 14.4. The zero-order chi connectivity index (χ0) is 17.1. The molecule has 6 nitrogen and oxygen atoms in total. The van der Waals surface area contributed by atoms with Crippen molar-refractivity contribution in [1.82, 2.24) is 20.4 Å². The number of urea groups is 1. The third-order valence-corrected chi connectivity index (χ3v) is 4.41. The van der Waals surface area contributed by atoms with Crippen molar-refractivity contribution >= 4 is 6.03 Å². The van der Waals surface area contributed by atoms with Gasteiger partial charge in [-0.2, -0.15) is 5.10 Å². The molecule has 0 saturated carbocycles. The molecule has 0 radical (unpaired) electrons. The van der Waals surface area contributed by atoms with E-state index < -0.39 is 0 Å². The summed E-state index contributed by atoms with van der Waals surface area (Å²) in [5.74, 6) is 0.934. The van der Waals surface area contributed by atoms with Gasteiger partial charge in [0, 0.05) is 18.8 Å². The molecule has 0 fully saturated rings. The van der Waals surface area contributed by atoms with Gasteiger partial charge in [-0.1, -0.05) is 12.1 Å². The van der Waals surface area contributed by atoms with Crippen LogP contribution in [-0.2, 0) is 13.5 Å². The molecular formula is C18H24N4O2. The van der Waals surface area contributed by atoms with Gasteiger partial charge in [-0.25, -0.2) is 4.79 Å². The molecule has 2 amide bonds. The topological polar surface area (TPSA) is 68.2 Å². The summed E-state index contributed by atoms with van der Waals surface area (Å²) < 4.78 is 7.42. The van der Waals surface area contributed by atoms with Crippen LogP contribution in [0.1, 0.15) is 49.0 Å². The Morgan fingerprint density at radius 3 is 3.04 bits per heavy atom. The zero-order valence-corrected chi connectivity index (χ0v) is 14.4. The smallest absolute Gasteiger partial charge is 0.315 e. The molecule has 6 heteroatoms. The number of aromatic nitrogens is 2. The van der Waals surface area contributed by atoms with Gasteiger partial charge >= 0.3 is 6.03 Å². The van der Waals surface area contributed by atoms with E-state index in [0.717, 1.165) is 29.7 Å². The predicted molar refractivity (Wildman–Crippen MR) is 92.0 cm³/mol. The SMILES string of the molecule is CCOc1cccc2c1CC[C@@H]2NC(=O)N[C@@H](C)c1cnn(C)c1. The summed E-state index contributed by atoms with van der Waals surface area (Å²) in [6.07, 6.45) is 5.50. The van der Waals surface area contributed by atoms with Gasteiger partial charge in [-0.15, -0.1) is 0 Å². The molecule has 2 aromatic rings. The van der Waals surface area contributed by atoms with Gasteiger partial charge in [0.1, 0.15) is 5.75 Å². The fourth-order valence-electron chi connectivity index (χ4n) is 3.21. The van der Waals surface area contributed by atoms with E-state index in [2.05, 4.69) is 21.8 Å². The number of amides is 2. The molecule has 2 N–H and O–H groups in total. The lowest BCUT2D eigenvalue weighted by atomic mass is 10.1. The summed E-state index contributed by atoms with van der Waals surface area (Å²) >= 11 is 0. The summed E-state index contributed by atoms with van der Waals surface area (Å²) in [6.45, 7) is 4.58. The van der Waals surface area contributed by atoms with Gasteiger partial charge in [-0.05, 0) is 43.9 Å². The maximum atomic E-state index is 12.3. The van der Waals surface area contributed by atoms with Crippen molar-refractivity contribution in [2.24, 2.45) is 7.05 Å². The Morgan fingerprint density at radius 1 is 1.50 bits per heavy atom. The Labute approximate surface area is 142 Å². The Hall–Kier alpha value is -2.50. The highest BCUT2D eigenvalue weighted by Crippen LogP contribution is 2.36. The average molecular weight is 328 g/mol. The Kier molecular flexibility index (Phi) is 4.74. The van der Waals surface area contributed by atoms with Crippen molar-refractivity contribution in [2.45, 2.75) is 38.8 Å². The molecule has 24 heavy (non-hydrogen) atoms. The normalized spacial score (nSPS) is 17.2. The minimum Gasteiger partial charge on any atom is -0.494 e. The highest BCUT2D eigenvalue weighted by Gasteiger charge is 2.26. The van der Waals surface area contributed by atoms with Crippen LogP contribution in [0.2, 0.25) is 0 Å². The second-order valence-corrected chi connectivity index (χ2v) is 6.14. The van der Waals surface area contributed by atoms with Crippen LogP contribution in [0.15, 0.2) is 30.6 Å². The van der Waals surface area contributed by atoms with E-state index in [1.165, 1.54) is 5.56 Å². The van der Waals surface area contributed by atoms with E-state index in [0.29, 0.717) is 6.61 Å². The quantitative estimate of drug-likeness (QED) is 0.887. The van der Waals surface area contributed by atoms with Crippen LogP contribution >= 0.6 is 0 Å². The minimum atomic E-state index is -0.161. The number of hydrogen-bond donors (Lipinski definition) is 2. The van der Waals surface area contributed by atoms with Crippen LogP contribution in [0, 0.1) is 0 Å². The molecule has 1 aromatic carbocycles. The van der Waals surface area contributed by atoms with E-state index in [1.54, 1.807) is 10.9 Å². The largest absolute Gasteiger partial charge is 0.494 e. The molecule has 0 unspecified atom stereocenters. The fourth-order valence-corrected chi connectivity index (χ4v) is 3.21.